The number of nitrogens with zero attached hydrogens (tertiary/aromatic N) is 4. The second-order valence-corrected chi connectivity index (χ2v) is 6.34. The fraction of sp³-hybridized carbons (Fsp3) is 0.467. The standard InChI is InChI=1S/C15H20N4OS/c1-18-14(12-6-2-3-7-13(12)20)16-17-15(18)21-11-10-19-8-4-5-9-19/h2-3,6-7,20H,4-5,8-11H2,1H3. The molecule has 1 aromatic heterocycles. The Morgan fingerprint density at radius 2 is 1.95 bits per heavy atom. The number of phenols is 1. The van der Waals surface area contributed by atoms with Gasteiger partial charge < -0.3 is 14.6 Å². The first-order chi connectivity index (χ1) is 10.3. The van der Waals surface area contributed by atoms with Crippen LogP contribution in [0.25, 0.3) is 11.4 Å². The molecule has 0 atom stereocenters. The Morgan fingerprint density at radius 3 is 2.71 bits per heavy atom. The zero-order valence-corrected chi connectivity index (χ0v) is 13.0. The van der Waals surface area contributed by atoms with Gasteiger partial charge in [-0.15, -0.1) is 10.2 Å². The molecule has 0 spiro atoms. The van der Waals surface area contributed by atoms with Gasteiger partial charge in [0.25, 0.3) is 0 Å². The lowest BCUT2D eigenvalue weighted by Gasteiger charge is -2.13. The number of thioether (sulfide) groups is 1. The van der Waals surface area contributed by atoms with Crippen molar-refractivity contribution in [1.29, 1.82) is 0 Å². The van der Waals surface area contributed by atoms with Crippen molar-refractivity contribution in [2.45, 2.75) is 18.0 Å². The summed E-state index contributed by atoms with van der Waals surface area (Å²) in [5.74, 6) is 1.96. The summed E-state index contributed by atoms with van der Waals surface area (Å²) in [7, 11) is 1.94. The van der Waals surface area contributed by atoms with Gasteiger partial charge >= 0.3 is 0 Å². The molecule has 1 aromatic carbocycles. The molecule has 1 fully saturated rings. The maximum Gasteiger partial charge on any atom is 0.191 e. The highest BCUT2D eigenvalue weighted by Gasteiger charge is 2.15. The summed E-state index contributed by atoms with van der Waals surface area (Å²) in [6.07, 6.45) is 2.65. The van der Waals surface area contributed by atoms with Crippen LogP contribution in [0.1, 0.15) is 12.8 Å². The normalized spacial score (nSPS) is 15.7. The van der Waals surface area contributed by atoms with E-state index in [4.69, 9.17) is 0 Å². The van der Waals surface area contributed by atoms with Crippen molar-refractivity contribution in [1.82, 2.24) is 19.7 Å². The van der Waals surface area contributed by atoms with Gasteiger partial charge in [0.15, 0.2) is 11.0 Å². The monoisotopic (exact) mass is 304 g/mol. The van der Waals surface area contributed by atoms with Gasteiger partial charge in [-0.1, -0.05) is 23.9 Å². The van der Waals surface area contributed by atoms with E-state index in [1.165, 1.54) is 25.9 Å². The van der Waals surface area contributed by atoms with Crippen molar-refractivity contribution in [2.24, 2.45) is 7.05 Å². The van der Waals surface area contributed by atoms with Crippen LogP contribution in [0.2, 0.25) is 0 Å². The molecule has 2 aromatic rings. The molecule has 0 radical (unpaired) electrons. The zero-order valence-electron chi connectivity index (χ0n) is 12.2. The average Bonchev–Trinajstić information content (AvgIpc) is 3.11. The fourth-order valence-electron chi connectivity index (χ4n) is 2.61. The van der Waals surface area contributed by atoms with Crippen LogP contribution in [0.15, 0.2) is 29.4 Å². The van der Waals surface area contributed by atoms with Crippen LogP contribution in [0.3, 0.4) is 0 Å². The lowest BCUT2D eigenvalue weighted by molar-refractivity contribution is 0.362. The quantitative estimate of drug-likeness (QED) is 0.860. The van der Waals surface area contributed by atoms with Crippen molar-refractivity contribution in [2.75, 3.05) is 25.4 Å². The molecule has 2 heterocycles. The van der Waals surface area contributed by atoms with Crippen molar-refractivity contribution in [3.05, 3.63) is 24.3 Å². The van der Waals surface area contributed by atoms with E-state index in [-0.39, 0.29) is 5.75 Å². The third-order valence-electron chi connectivity index (χ3n) is 3.82. The third kappa shape index (κ3) is 3.22. The van der Waals surface area contributed by atoms with E-state index in [0.717, 1.165) is 23.0 Å². The molecule has 0 aliphatic carbocycles. The smallest absolute Gasteiger partial charge is 0.191 e. The Bertz CT molecular complexity index is 607. The van der Waals surface area contributed by atoms with E-state index in [0.29, 0.717) is 5.82 Å². The van der Waals surface area contributed by atoms with Gasteiger partial charge in [0.1, 0.15) is 5.75 Å². The SMILES string of the molecule is Cn1c(SCCN2CCCC2)nnc1-c1ccccc1O. The Balaban J connectivity index is 1.66. The van der Waals surface area contributed by atoms with Crippen LogP contribution < -0.4 is 0 Å². The average molecular weight is 304 g/mol. The van der Waals surface area contributed by atoms with Crippen molar-refractivity contribution >= 4 is 11.8 Å². The Hall–Kier alpha value is -1.53. The van der Waals surface area contributed by atoms with Crippen LogP contribution >= 0.6 is 11.8 Å². The molecular weight excluding hydrogens is 284 g/mol. The van der Waals surface area contributed by atoms with Crippen LogP contribution in [-0.4, -0.2) is 50.2 Å². The molecule has 1 saturated heterocycles. The largest absolute Gasteiger partial charge is 0.507 e. The lowest BCUT2D eigenvalue weighted by atomic mass is 10.2. The van der Waals surface area contributed by atoms with Crippen LogP contribution in [-0.2, 0) is 7.05 Å². The summed E-state index contributed by atoms with van der Waals surface area (Å²) in [5, 5.41) is 19.3. The van der Waals surface area contributed by atoms with Crippen molar-refractivity contribution in [3.63, 3.8) is 0 Å². The highest BCUT2D eigenvalue weighted by Crippen LogP contribution is 2.29. The summed E-state index contributed by atoms with van der Waals surface area (Å²) in [4.78, 5) is 2.49. The Morgan fingerprint density at radius 1 is 1.19 bits per heavy atom. The van der Waals surface area contributed by atoms with E-state index in [2.05, 4.69) is 15.1 Å². The lowest BCUT2D eigenvalue weighted by Crippen LogP contribution is -2.22. The first-order valence-corrected chi connectivity index (χ1v) is 8.27. The summed E-state index contributed by atoms with van der Waals surface area (Å²) in [6.45, 7) is 3.55. The molecule has 5 nitrogen and oxygen atoms in total. The van der Waals surface area contributed by atoms with Crippen molar-refractivity contribution < 1.29 is 5.11 Å². The van der Waals surface area contributed by atoms with Gasteiger partial charge in [-0.2, -0.15) is 0 Å². The van der Waals surface area contributed by atoms with Gasteiger partial charge in [-0.05, 0) is 38.1 Å². The molecule has 1 N–H and O–H groups in total. The van der Waals surface area contributed by atoms with Gasteiger partial charge in [0.2, 0.25) is 0 Å². The summed E-state index contributed by atoms with van der Waals surface area (Å²) < 4.78 is 1.95. The number of likely N-dealkylation sites (tertiary alicyclic amines) is 1. The molecule has 3 rings (SSSR count). The van der Waals surface area contributed by atoms with Crippen molar-refractivity contribution in [3.8, 4) is 17.1 Å². The van der Waals surface area contributed by atoms with Crippen LogP contribution in [0.5, 0.6) is 5.75 Å². The maximum atomic E-state index is 9.92. The number of phenolic OH excluding ortho intramolecular Hbond substituents is 1. The maximum absolute atomic E-state index is 9.92. The minimum atomic E-state index is 0.238. The molecule has 0 saturated carbocycles. The van der Waals surface area contributed by atoms with Crippen LogP contribution in [0.4, 0.5) is 0 Å². The third-order valence-corrected chi connectivity index (χ3v) is 4.82. The zero-order chi connectivity index (χ0) is 14.7. The molecule has 0 bridgehead atoms. The van der Waals surface area contributed by atoms with Gasteiger partial charge in [0, 0.05) is 19.3 Å². The topological polar surface area (TPSA) is 54.2 Å². The van der Waals surface area contributed by atoms with E-state index < -0.39 is 0 Å². The summed E-state index contributed by atoms with van der Waals surface area (Å²) in [6, 6.07) is 7.23. The minimum Gasteiger partial charge on any atom is -0.507 e. The van der Waals surface area contributed by atoms with Gasteiger partial charge in [-0.3, -0.25) is 0 Å². The number of hydrogen-bond acceptors (Lipinski definition) is 5. The first kappa shape index (κ1) is 14.4. The molecule has 0 amide bonds. The van der Waals surface area contributed by atoms with E-state index in [9.17, 15) is 5.11 Å². The second-order valence-electron chi connectivity index (χ2n) is 5.28. The summed E-state index contributed by atoms with van der Waals surface area (Å²) in [5.41, 5.74) is 0.721. The molecule has 6 heteroatoms. The number of benzene rings is 1. The molecule has 21 heavy (non-hydrogen) atoms. The molecule has 0 unspecified atom stereocenters. The Kier molecular flexibility index (Phi) is 4.45. The number of aromatic hydroxyl groups is 1. The van der Waals surface area contributed by atoms with Gasteiger partial charge in [0.05, 0.1) is 5.56 Å². The molecular formula is C15H20N4OS. The predicted molar refractivity (Wildman–Crippen MR) is 84.5 cm³/mol. The van der Waals surface area contributed by atoms with E-state index in [1.807, 2.05) is 23.7 Å². The van der Waals surface area contributed by atoms with Gasteiger partial charge in [-0.25, -0.2) is 0 Å². The minimum absolute atomic E-state index is 0.238. The summed E-state index contributed by atoms with van der Waals surface area (Å²) >= 11 is 1.72. The predicted octanol–water partition coefficient (Wildman–Crippen LogP) is 2.38. The molecule has 112 valence electrons. The van der Waals surface area contributed by atoms with Crippen LogP contribution in [0, 0.1) is 0 Å². The Labute approximate surface area is 129 Å². The fourth-order valence-corrected chi connectivity index (χ4v) is 3.52. The highest BCUT2D eigenvalue weighted by molar-refractivity contribution is 7.99. The molecule has 1 aliphatic rings. The highest BCUT2D eigenvalue weighted by atomic mass is 32.2. The number of hydrogen-bond donors (Lipinski definition) is 1. The number of aromatic nitrogens is 3. The van der Waals surface area contributed by atoms with E-state index in [1.54, 1.807) is 23.9 Å². The van der Waals surface area contributed by atoms with E-state index >= 15 is 0 Å². The molecule has 1 aliphatic heterocycles. The second kappa shape index (κ2) is 6.49. The number of rotatable bonds is 5. The first-order valence-electron chi connectivity index (χ1n) is 7.28. The number of para-hydroxylation sites is 1.